The number of nitrogens with zero attached hydrogens (tertiary/aromatic N) is 2. The van der Waals surface area contributed by atoms with Crippen molar-refractivity contribution in [2.24, 2.45) is 0 Å². The minimum absolute atomic E-state index is 0.155. The first-order chi connectivity index (χ1) is 13.2. The highest BCUT2D eigenvalue weighted by Gasteiger charge is 2.12. The van der Waals surface area contributed by atoms with Crippen molar-refractivity contribution in [1.82, 2.24) is 15.3 Å². The van der Waals surface area contributed by atoms with Gasteiger partial charge in [-0.1, -0.05) is 0 Å². The van der Waals surface area contributed by atoms with Gasteiger partial charge in [0.15, 0.2) is 0 Å². The third-order valence-corrected chi connectivity index (χ3v) is 3.81. The fourth-order valence-corrected chi connectivity index (χ4v) is 2.35. The molecule has 27 heavy (non-hydrogen) atoms. The molecule has 2 heterocycles. The summed E-state index contributed by atoms with van der Waals surface area (Å²) < 4.78 is 5.08. The van der Waals surface area contributed by atoms with Gasteiger partial charge >= 0.3 is 0 Å². The fourth-order valence-electron chi connectivity index (χ4n) is 2.35. The predicted octanol–water partition coefficient (Wildman–Crippen LogP) is 2.67. The van der Waals surface area contributed by atoms with Gasteiger partial charge in [0.05, 0.1) is 7.11 Å². The van der Waals surface area contributed by atoms with Crippen LogP contribution in [0.15, 0.2) is 67.1 Å². The van der Waals surface area contributed by atoms with Crippen molar-refractivity contribution >= 4 is 17.5 Å². The molecule has 0 spiro atoms. The molecule has 0 aliphatic rings. The zero-order chi connectivity index (χ0) is 19.1. The summed E-state index contributed by atoms with van der Waals surface area (Å²) in [4.78, 5) is 32.7. The molecule has 3 aromatic rings. The van der Waals surface area contributed by atoms with Crippen LogP contribution < -0.4 is 15.4 Å². The standard InChI is InChI=1S/C20H18N4O3/c1-27-17-4-2-16(3-5-17)24-20(26)18-12-15(8-11-22-18)19(25)23-13-14-6-9-21-10-7-14/h2-12H,13H2,1H3,(H,23,25)(H,24,26). The van der Waals surface area contributed by atoms with Crippen molar-refractivity contribution in [3.8, 4) is 5.75 Å². The summed E-state index contributed by atoms with van der Waals surface area (Å²) in [5, 5.41) is 5.54. The molecule has 7 heteroatoms. The quantitative estimate of drug-likeness (QED) is 0.703. The Balaban J connectivity index is 1.64. The Labute approximate surface area is 156 Å². The minimum Gasteiger partial charge on any atom is -0.497 e. The zero-order valence-corrected chi connectivity index (χ0v) is 14.7. The molecule has 0 aliphatic carbocycles. The maximum absolute atomic E-state index is 12.4. The first kappa shape index (κ1) is 18.1. The van der Waals surface area contributed by atoms with Crippen LogP contribution in [-0.4, -0.2) is 28.9 Å². The van der Waals surface area contributed by atoms with Crippen molar-refractivity contribution in [2.45, 2.75) is 6.54 Å². The molecule has 0 atom stereocenters. The van der Waals surface area contributed by atoms with Crippen LogP contribution in [0.3, 0.4) is 0 Å². The van der Waals surface area contributed by atoms with Crippen LogP contribution in [0.5, 0.6) is 5.75 Å². The molecule has 0 saturated heterocycles. The topological polar surface area (TPSA) is 93.2 Å². The maximum atomic E-state index is 12.4. The molecular weight excluding hydrogens is 344 g/mol. The third-order valence-electron chi connectivity index (χ3n) is 3.81. The maximum Gasteiger partial charge on any atom is 0.274 e. The van der Waals surface area contributed by atoms with E-state index in [1.165, 1.54) is 12.3 Å². The Morgan fingerprint density at radius 1 is 0.963 bits per heavy atom. The molecule has 0 unspecified atom stereocenters. The van der Waals surface area contributed by atoms with Gasteiger partial charge in [0.1, 0.15) is 11.4 Å². The van der Waals surface area contributed by atoms with E-state index in [-0.39, 0.29) is 11.6 Å². The summed E-state index contributed by atoms with van der Waals surface area (Å²) in [5.41, 5.74) is 2.06. The van der Waals surface area contributed by atoms with Crippen molar-refractivity contribution < 1.29 is 14.3 Å². The number of anilines is 1. The number of amides is 2. The number of rotatable bonds is 6. The van der Waals surface area contributed by atoms with Gasteiger partial charge < -0.3 is 15.4 Å². The Morgan fingerprint density at radius 2 is 1.70 bits per heavy atom. The monoisotopic (exact) mass is 362 g/mol. The Morgan fingerprint density at radius 3 is 2.41 bits per heavy atom. The number of pyridine rings is 2. The highest BCUT2D eigenvalue weighted by atomic mass is 16.5. The van der Waals surface area contributed by atoms with Crippen LogP contribution in [0.4, 0.5) is 5.69 Å². The van der Waals surface area contributed by atoms with Crippen LogP contribution in [0.2, 0.25) is 0 Å². The molecule has 2 N–H and O–H groups in total. The molecular formula is C20H18N4O3. The Bertz CT molecular complexity index is 927. The van der Waals surface area contributed by atoms with E-state index in [0.717, 1.165) is 5.56 Å². The van der Waals surface area contributed by atoms with Gasteiger partial charge in [-0.05, 0) is 54.1 Å². The average Bonchev–Trinajstić information content (AvgIpc) is 2.73. The number of methoxy groups -OCH3 is 1. The second-order valence-electron chi connectivity index (χ2n) is 5.65. The molecule has 3 rings (SSSR count). The van der Waals surface area contributed by atoms with E-state index in [1.807, 2.05) is 12.1 Å². The van der Waals surface area contributed by atoms with E-state index in [2.05, 4.69) is 20.6 Å². The van der Waals surface area contributed by atoms with Crippen molar-refractivity contribution in [3.63, 3.8) is 0 Å². The molecule has 0 bridgehead atoms. The lowest BCUT2D eigenvalue weighted by Gasteiger charge is -2.08. The number of benzene rings is 1. The van der Waals surface area contributed by atoms with Crippen molar-refractivity contribution in [1.29, 1.82) is 0 Å². The van der Waals surface area contributed by atoms with E-state index in [9.17, 15) is 9.59 Å². The smallest absolute Gasteiger partial charge is 0.274 e. The number of carbonyl (C=O) groups excluding carboxylic acids is 2. The highest BCUT2D eigenvalue weighted by Crippen LogP contribution is 2.15. The number of carbonyl (C=O) groups is 2. The Hall–Kier alpha value is -3.74. The van der Waals surface area contributed by atoms with Gasteiger partial charge in [-0.2, -0.15) is 0 Å². The van der Waals surface area contributed by atoms with Crippen LogP contribution in [0.1, 0.15) is 26.4 Å². The summed E-state index contributed by atoms with van der Waals surface area (Å²) >= 11 is 0. The van der Waals surface area contributed by atoms with Crippen LogP contribution >= 0.6 is 0 Å². The predicted molar refractivity (Wildman–Crippen MR) is 101 cm³/mol. The molecule has 2 aromatic heterocycles. The van der Waals surface area contributed by atoms with Gasteiger partial charge in [0.25, 0.3) is 11.8 Å². The largest absolute Gasteiger partial charge is 0.497 e. The van der Waals surface area contributed by atoms with Gasteiger partial charge in [-0.25, -0.2) is 0 Å². The highest BCUT2D eigenvalue weighted by molar-refractivity contribution is 6.04. The van der Waals surface area contributed by atoms with Gasteiger partial charge in [0.2, 0.25) is 0 Å². The SMILES string of the molecule is COc1ccc(NC(=O)c2cc(C(=O)NCc3ccncc3)ccn2)cc1. The molecule has 2 amide bonds. The van der Waals surface area contributed by atoms with E-state index < -0.39 is 5.91 Å². The number of hydrogen-bond donors (Lipinski definition) is 2. The second kappa shape index (κ2) is 8.57. The first-order valence-electron chi connectivity index (χ1n) is 8.24. The van der Waals surface area contributed by atoms with Crippen LogP contribution in [0.25, 0.3) is 0 Å². The molecule has 1 aromatic carbocycles. The second-order valence-corrected chi connectivity index (χ2v) is 5.65. The molecule has 136 valence electrons. The lowest BCUT2D eigenvalue weighted by atomic mass is 10.2. The molecule has 0 fully saturated rings. The zero-order valence-electron chi connectivity index (χ0n) is 14.7. The molecule has 0 saturated carbocycles. The van der Waals surface area contributed by atoms with E-state index in [4.69, 9.17) is 4.74 Å². The lowest BCUT2D eigenvalue weighted by Crippen LogP contribution is -2.23. The molecule has 7 nitrogen and oxygen atoms in total. The van der Waals surface area contributed by atoms with Gasteiger partial charge in [0, 0.05) is 36.4 Å². The fraction of sp³-hybridized carbons (Fsp3) is 0.100. The van der Waals surface area contributed by atoms with Gasteiger partial charge in [-0.3, -0.25) is 19.6 Å². The molecule has 0 radical (unpaired) electrons. The average molecular weight is 362 g/mol. The lowest BCUT2D eigenvalue weighted by molar-refractivity contribution is 0.0950. The van der Waals surface area contributed by atoms with Crippen molar-refractivity contribution in [3.05, 3.63) is 83.9 Å². The summed E-state index contributed by atoms with van der Waals surface area (Å²) in [7, 11) is 1.57. The normalized spacial score (nSPS) is 10.1. The number of aromatic nitrogens is 2. The van der Waals surface area contributed by atoms with Crippen LogP contribution in [0, 0.1) is 0 Å². The Kier molecular flexibility index (Phi) is 5.73. The first-order valence-corrected chi connectivity index (χ1v) is 8.24. The summed E-state index contributed by atoms with van der Waals surface area (Å²) in [5.74, 6) is 0.00986. The van der Waals surface area contributed by atoms with Crippen molar-refractivity contribution in [2.75, 3.05) is 12.4 Å². The summed E-state index contributed by atoms with van der Waals surface area (Å²) in [6, 6.07) is 13.6. The summed E-state index contributed by atoms with van der Waals surface area (Å²) in [6.07, 6.45) is 4.76. The third kappa shape index (κ3) is 4.88. The number of hydrogen-bond acceptors (Lipinski definition) is 5. The van der Waals surface area contributed by atoms with E-state index in [0.29, 0.717) is 23.5 Å². The number of nitrogens with one attached hydrogen (secondary N) is 2. The number of ether oxygens (including phenoxy) is 1. The molecule has 0 aliphatic heterocycles. The van der Waals surface area contributed by atoms with Crippen LogP contribution in [-0.2, 0) is 6.54 Å². The van der Waals surface area contributed by atoms with Gasteiger partial charge in [-0.15, -0.1) is 0 Å². The van der Waals surface area contributed by atoms with E-state index >= 15 is 0 Å². The minimum atomic E-state index is -0.399. The van der Waals surface area contributed by atoms with E-state index in [1.54, 1.807) is 49.8 Å². The summed E-state index contributed by atoms with van der Waals surface area (Å²) in [6.45, 7) is 0.372.